The molecular formula is C13H19NO3S. The van der Waals surface area contributed by atoms with Crippen LogP contribution in [0.15, 0.2) is 16.8 Å². The van der Waals surface area contributed by atoms with E-state index >= 15 is 0 Å². The number of aliphatic carboxylic acids is 1. The van der Waals surface area contributed by atoms with E-state index in [1.165, 1.54) is 5.56 Å². The minimum absolute atomic E-state index is 0.129. The third-order valence-corrected chi connectivity index (χ3v) is 3.82. The molecule has 0 unspecified atom stereocenters. The molecule has 5 heteroatoms. The van der Waals surface area contributed by atoms with Crippen molar-refractivity contribution < 1.29 is 14.6 Å². The fourth-order valence-electron chi connectivity index (χ4n) is 2.32. The lowest BCUT2D eigenvalue weighted by Gasteiger charge is -2.36. The quantitative estimate of drug-likeness (QED) is 0.891. The van der Waals surface area contributed by atoms with Gasteiger partial charge in [0.15, 0.2) is 0 Å². The number of carboxylic acid groups (broad SMARTS) is 1. The Morgan fingerprint density at radius 1 is 1.61 bits per heavy atom. The molecule has 1 aliphatic heterocycles. The highest BCUT2D eigenvalue weighted by atomic mass is 32.1. The van der Waals surface area contributed by atoms with Crippen LogP contribution in [-0.2, 0) is 9.53 Å². The monoisotopic (exact) mass is 269 g/mol. The van der Waals surface area contributed by atoms with Crippen LogP contribution < -0.4 is 0 Å². The molecule has 1 fully saturated rings. The summed E-state index contributed by atoms with van der Waals surface area (Å²) in [5.41, 5.74) is 1.23. The molecule has 2 heterocycles. The molecule has 0 bridgehead atoms. The molecule has 1 saturated heterocycles. The molecule has 2 rings (SSSR count). The fraction of sp³-hybridized carbons (Fsp3) is 0.615. The summed E-state index contributed by atoms with van der Waals surface area (Å²) in [6.45, 7) is 4.66. The van der Waals surface area contributed by atoms with Crippen molar-refractivity contribution in [1.82, 2.24) is 4.90 Å². The number of morpholine rings is 1. The van der Waals surface area contributed by atoms with Gasteiger partial charge in [0, 0.05) is 19.5 Å². The standard InChI is InChI=1S/C13H19NO3S/c1-10-7-14(5-2-3-13(15)16)8-12(17-10)11-4-6-18-9-11/h4,6,9-10,12H,2-3,5,7-8H2,1H3,(H,15,16)/t10-,12+/m1/s1. The van der Waals surface area contributed by atoms with E-state index in [-0.39, 0.29) is 18.6 Å². The summed E-state index contributed by atoms with van der Waals surface area (Å²) in [6, 6.07) is 2.10. The average Bonchev–Trinajstić information content (AvgIpc) is 2.81. The van der Waals surface area contributed by atoms with E-state index in [1.54, 1.807) is 11.3 Å². The van der Waals surface area contributed by atoms with Crippen LogP contribution in [0.2, 0.25) is 0 Å². The number of nitrogens with zero attached hydrogens (tertiary/aromatic N) is 1. The highest BCUT2D eigenvalue weighted by Crippen LogP contribution is 2.26. The number of carbonyl (C=O) groups is 1. The minimum atomic E-state index is -0.717. The highest BCUT2D eigenvalue weighted by Gasteiger charge is 2.26. The predicted octanol–water partition coefficient (Wildman–Crippen LogP) is 2.37. The number of thiophene rings is 1. The van der Waals surface area contributed by atoms with E-state index in [2.05, 4.69) is 28.7 Å². The number of hydrogen-bond donors (Lipinski definition) is 1. The van der Waals surface area contributed by atoms with Gasteiger partial charge in [-0.15, -0.1) is 0 Å². The molecule has 0 radical (unpaired) electrons. The Morgan fingerprint density at radius 3 is 3.11 bits per heavy atom. The smallest absolute Gasteiger partial charge is 0.303 e. The molecular weight excluding hydrogens is 250 g/mol. The van der Waals surface area contributed by atoms with Crippen LogP contribution in [0.1, 0.15) is 31.4 Å². The first-order valence-electron chi connectivity index (χ1n) is 6.27. The topological polar surface area (TPSA) is 49.8 Å². The molecule has 18 heavy (non-hydrogen) atoms. The van der Waals surface area contributed by atoms with E-state index in [4.69, 9.17) is 9.84 Å². The molecule has 0 amide bonds. The van der Waals surface area contributed by atoms with Gasteiger partial charge in [-0.2, -0.15) is 11.3 Å². The fourth-order valence-corrected chi connectivity index (χ4v) is 3.02. The van der Waals surface area contributed by atoms with Crippen molar-refractivity contribution in [3.05, 3.63) is 22.4 Å². The van der Waals surface area contributed by atoms with Crippen LogP contribution >= 0.6 is 11.3 Å². The number of ether oxygens (including phenoxy) is 1. The Hall–Kier alpha value is -0.910. The van der Waals surface area contributed by atoms with Gasteiger partial charge in [0.2, 0.25) is 0 Å². The number of carboxylic acids is 1. The summed E-state index contributed by atoms with van der Waals surface area (Å²) >= 11 is 1.68. The van der Waals surface area contributed by atoms with Gasteiger partial charge in [-0.1, -0.05) is 0 Å². The maximum atomic E-state index is 10.5. The van der Waals surface area contributed by atoms with E-state index in [1.807, 2.05) is 0 Å². The zero-order valence-electron chi connectivity index (χ0n) is 10.5. The van der Waals surface area contributed by atoms with Crippen molar-refractivity contribution >= 4 is 17.3 Å². The molecule has 0 saturated carbocycles. The Bertz CT molecular complexity index is 380. The van der Waals surface area contributed by atoms with Crippen LogP contribution in [0, 0.1) is 0 Å². The van der Waals surface area contributed by atoms with Crippen molar-refractivity contribution in [2.75, 3.05) is 19.6 Å². The maximum absolute atomic E-state index is 10.5. The van der Waals surface area contributed by atoms with Crippen molar-refractivity contribution in [1.29, 1.82) is 0 Å². The first kappa shape index (κ1) is 13.5. The Morgan fingerprint density at radius 2 is 2.44 bits per heavy atom. The molecule has 1 aromatic heterocycles. The van der Waals surface area contributed by atoms with Gasteiger partial charge in [0.25, 0.3) is 0 Å². The molecule has 0 spiro atoms. The highest BCUT2D eigenvalue weighted by molar-refractivity contribution is 7.07. The predicted molar refractivity (Wildman–Crippen MR) is 70.9 cm³/mol. The van der Waals surface area contributed by atoms with Crippen molar-refractivity contribution in [2.45, 2.75) is 32.0 Å². The summed E-state index contributed by atoms with van der Waals surface area (Å²) in [7, 11) is 0. The van der Waals surface area contributed by atoms with Gasteiger partial charge < -0.3 is 9.84 Å². The molecule has 0 aliphatic carbocycles. The average molecular weight is 269 g/mol. The summed E-state index contributed by atoms with van der Waals surface area (Å²) in [5, 5.41) is 12.8. The second-order valence-electron chi connectivity index (χ2n) is 4.75. The Balaban J connectivity index is 1.86. The van der Waals surface area contributed by atoms with E-state index in [0.29, 0.717) is 6.42 Å². The van der Waals surface area contributed by atoms with Crippen LogP contribution in [0.5, 0.6) is 0 Å². The van der Waals surface area contributed by atoms with Gasteiger partial charge >= 0.3 is 5.97 Å². The summed E-state index contributed by atoms with van der Waals surface area (Å²) in [5.74, 6) is -0.717. The second-order valence-corrected chi connectivity index (χ2v) is 5.53. The first-order chi connectivity index (χ1) is 8.65. The SMILES string of the molecule is C[C@@H]1CN(CCCC(=O)O)C[C@@H](c2ccsc2)O1. The Labute approximate surface area is 111 Å². The zero-order chi connectivity index (χ0) is 13.0. The van der Waals surface area contributed by atoms with Crippen LogP contribution in [0.3, 0.4) is 0 Å². The summed E-state index contributed by atoms with van der Waals surface area (Å²) in [6.07, 6.45) is 1.28. The van der Waals surface area contributed by atoms with E-state index in [9.17, 15) is 4.79 Å². The number of hydrogen-bond acceptors (Lipinski definition) is 4. The molecule has 0 aromatic carbocycles. The van der Waals surface area contributed by atoms with Crippen LogP contribution in [-0.4, -0.2) is 41.7 Å². The zero-order valence-corrected chi connectivity index (χ0v) is 11.4. The Kier molecular flexibility index (Phi) is 4.74. The largest absolute Gasteiger partial charge is 0.481 e. The third-order valence-electron chi connectivity index (χ3n) is 3.12. The van der Waals surface area contributed by atoms with Crippen molar-refractivity contribution in [3.63, 3.8) is 0 Å². The van der Waals surface area contributed by atoms with E-state index in [0.717, 1.165) is 19.6 Å². The van der Waals surface area contributed by atoms with E-state index < -0.39 is 5.97 Å². The lowest BCUT2D eigenvalue weighted by molar-refractivity contribution is -0.137. The molecule has 100 valence electrons. The van der Waals surface area contributed by atoms with Crippen LogP contribution in [0.4, 0.5) is 0 Å². The minimum Gasteiger partial charge on any atom is -0.481 e. The number of rotatable bonds is 5. The van der Waals surface area contributed by atoms with Crippen LogP contribution in [0.25, 0.3) is 0 Å². The van der Waals surface area contributed by atoms with Gasteiger partial charge in [0.1, 0.15) is 0 Å². The van der Waals surface area contributed by atoms with Gasteiger partial charge in [-0.05, 0) is 42.3 Å². The maximum Gasteiger partial charge on any atom is 0.303 e. The molecule has 1 aromatic rings. The molecule has 1 N–H and O–H groups in total. The molecule has 2 atom stereocenters. The lowest BCUT2D eigenvalue weighted by Crippen LogP contribution is -2.43. The molecule has 4 nitrogen and oxygen atoms in total. The van der Waals surface area contributed by atoms with Gasteiger partial charge in [-0.25, -0.2) is 0 Å². The normalized spacial score (nSPS) is 25.2. The van der Waals surface area contributed by atoms with Crippen molar-refractivity contribution in [3.8, 4) is 0 Å². The van der Waals surface area contributed by atoms with Crippen molar-refractivity contribution in [2.24, 2.45) is 0 Å². The molecule has 1 aliphatic rings. The summed E-state index contributed by atoms with van der Waals surface area (Å²) in [4.78, 5) is 12.8. The lowest BCUT2D eigenvalue weighted by atomic mass is 10.1. The van der Waals surface area contributed by atoms with Gasteiger partial charge in [0.05, 0.1) is 12.2 Å². The first-order valence-corrected chi connectivity index (χ1v) is 7.21. The second kappa shape index (κ2) is 6.31. The van der Waals surface area contributed by atoms with Gasteiger partial charge in [-0.3, -0.25) is 9.69 Å². The summed E-state index contributed by atoms with van der Waals surface area (Å²) < 4.78 is 5.94. The third kappa shape index (κ3) is 3.80.